The average Bonchev–Trinajstić information content (AvgIpc) is 2.47. The Morgan fingerprint density at radius 1 is 1.26 bits per heavy atom. The van der Waals surface area contributed by atoms with Crippen molar-refractivity contribution in [2.45, 2.75) is 13.3 Å². The Hall–Kier alpha value is -0.630. The summed E-state index contributed by atoms with van der Waals surface area (Å²) in [6, 6.07) is 1.32. The number of aromatic nitrogens is 2. The van der Waals surface area contributed by atoms with Crippen molar-refractivity contribution in [3.05, 3.63) is 32.6 Å². The summed E-state index contributed by atoms with van der Waals surface area (Å²) in [5.41, 5.74) is -0.250. The average molecular weight is 387 g/mol. The van der Waals surface area contributed by atoms with Crippen LogP contribution in [0.4, 0.5) is 0 Å². The summed E-state index contributed by atoms with van der Waals surface area (Å²) in [6.07, 6.45) is 0.888. The molecule has 1 aliphatic heterocycles. The second-order valence-electron chi connectivity index (χ2n) is 4.72. The van der Waals surface area contributed by atoms with Crippen LogP contribution in [-0.2, 0) is 9.09 Å². The molecule has 0 amide bonds. The quantitative estimate of drug-likeness (QED) is 0.519. The zero-order valence-corrected chi connectivity index (χ0v) is 15.2. The second-order valence-corrected chi connectivity index (χ2v) is 7.65. The van der Waals surface area contributed by atoms with Gasteiger partial charge >= 0.3 is 13.4 Å². The van der Waals surface area contributed by atoms with E-state index >= 15 is 0 Å². The van der Waals surface area contributed by atoms with Crippen molar-refractivity contribution in [2.75, 3.05) is 38.0 Å². The fraction of sp³-hybridized carbons (Fsp3) is 0.667. The third kappa shape index (κ3) is 7.20. The van der Waals surface area contributed by atoms with E-state index in [1.165, 1.54) is 6.07 Å². The van der Waals surface area contributed by atoms with Gasteiger partial charge in [-0.3, -0.25) is 14.3 Å². The number of nitrogens with zero attached hydrogens (tertiary/aromatic N) is 1. The highest BCUT2D eigenvalue weighted by Crippen LogP contribution is 2.47. The maximum atomic E-state index is 12.2. The molecule has 2 heterocycles. The molecule has 1 atom stereocenters. The Bertz CT molecular complexity index is 592. The lowest BCUT2D eigenvalue weighted by Gasteiger charge is -2.33. The molecule has 8 nitrogen and oxygen atoms in total. The number of aromatic amines is 2. The van der Waals surface area contributed by atoms with Crippen LogP contribution in [0.15, 0.2) is 15.7 Å². The van der Waals surface area contributed by atoms with Crippen LogP contribution in [0.5, 0.6) is 0 Å². The molecular weight excluding hydrogens is 366 g/mol. The fourth-order valence-corrected chi connectivity index (χ4v) is 4.51. The zero-order chi connectivity index (χ0) is 17.3. The van der Waals surface area contributed by atoms with Crippen LogP contribution in [0.1, 0.15) is 12.1 Å². The van der Waals surface area contributed by atoms with Crippen LogP contribution in [-0.4, -0.2) is 52.6 Å². The van der Waals surface area contributed by atoms with E-state index in [1.807, 2.05) is 4.98 Å². The van der Waals surface area contributed by atoms with Crippen molar-refractivity contribution in [2.24, 2.45) is 0 Å². The van der Waals surface area contributed by atoms with Gasteiger partial charge in [0.2, 0.25) is 0 Å². The molecule has 0 aromatic carbocycles. The molecule has 23 heavy (non-hydrogen) atoms. The lowest BCUT2D eigenvalue weighted by atomic mass is 10.5. The summed E-state index contributed by atoms with van der Waals surface area (Å²) in [5, 5.41) is 2.91. The SMILES string of the molecule is Cc1cc(=O)[nH]c(=O)[nH]1.O=P1(N(CCCl)CCCl)NCCCO1. The van der Waals surface area contributed by atoms with Crippen molar-refractivity contribution < 1.29 is 9.09 Å². The Kier molecular flexibility index (Phi) is 9.12. The lowest BCUT2D eigenvalue weighted by molar-refractivity contribution is 0.233. The van der Waals surface area contributed by atoms with Crippen LogP contribution >= 0.6 is 30.9 Å². The first-order valence-corrected chi connectivity index (χ1v) is 9.73. The summed E-state index contributed by atoms with van der Waals surface area (Å²) in [7, 11) is -2.84. The van der Waals surface area contributed by atoms with Crippen LogP contribution in [0.2, 0.25) is 0 Å². The highest BCUT2D eigenvalue weighted by molar-refractivity contribution is 7.54. The summed E-state index contributed by atoms with van der Waals surface area (Å²) < 4.78 is 19.2. The maximum Gasteiger partial charge on any atom is 0.343 e. The molecule has 3 N–H and O–H groups in total. The van der Waals surface area contributed by atoms with E-state index < -0.39 is 13.4 Å². The van der Waals surface area contributed by atoms with Gasteiger partial charge in [0.1, 0.15) is 0 Å². The van der Waals surface area contributed by atoms with E-state index in [0.717, 1.165) is 13.0 Å². The molecule has 0 aliphatic carbocycles. The van der Waals surface area contributed by atoms with Crippen LogP contribution < -0.4 is 16.3 Å². The third-order valence-corrected chi connectivity index (χ3v) is 5.49. The van der Waals surface area contributed by atoms with Gasteiger partial charge in [-0.05, 0) is 13.3 Å². The molecule has 0 bridgehead atoms. The standard InChI is InChI=1S/C7H15Cl2N2O2P.C5H6N2O2/c8-2-5-11(6-3-9)14(12)10-4-1-7-13-14;1-3-2-4(8)7-5(9)6-3/h1-7H2,(H,10,12);2H,1H3,(H2,6,7,8,9). The maximum absolute atomic E-state index is 12.2. The Morgan fingerprint density at radius 3 is 2.35 bits per heavy atom. The predicted octanol–water partition coefficient (Wildman–Crippen LogP) is 1.26. The Balaban J connectivity index is 0.000000253. The summed E-state index contributed by atoms with van der Waals surface area (Å²) in [4.78, 5) is 25.3. The number of rotatable bonds is 5. The molecule has 1 aromatic rings. The van der Waals surface area contributed by atoms with Gasteiger partial charge in [0.25, 0.3) is 5.56 Å². The Labute approximate surface area is 144 Å². The number of nitrogens with one attached hydrogen (secondary N) is 3. The topological polar surface area (TPSA) is 107 Å². The predicted molar refractivity (Wildman–Crippen MR) is 91.6 cm³/mol. The van der Waals surface area contributed by atoms with E-state index in [1.54, 1.807) is 11.6 Å². The van der Waals surface area contributed by atoms with Gasteiger partial charge in [-0.1, -0.05) is 0 Å². The molecule has 132 valence electrons. The van der Waals surface area contributed by atoms with E-state index in [0.29, 0.717) is 37.2 Å². The number of aryl methyl sites for hydroxylation is 1. The zero-order valence-electron chi connectivity index (χ0n) is 12.8. The largest absolute Gasteiger partial charge is 0.343 e. The molecule has 11 heteroatoms. The van der Waals surface area contributed by atoms with Gasteiger partial charge in [0.05, 0.1) is 6.61 Å². The molecule has 1 fully saturated rings. The number of hydrogen-bond acceptors (Lipinski definition) is 4. The van der Waals surface area contributed by atoms with Crippen LogP contribution in [0.3, 0.4) is 0 Å². The summed E-state index contributed by atoms with van der Waals surface area (Å²) in [5.74, 6) is 0.845. The van der Waals surface area contributed by atoms with E-state index in [9.17, 15) is 14.2 Å². The van der Waals surface area contributed by atoms with Crippen molar-refractivity contribution in [1.29, 1.82) is 0 Å². The minimum Gasteiger partial charge on any atom is -0.312 e. The first kappa shape index (κ1) is 20.4. The number of H-pyrrole nitrogens is 2. The molecule has 1 unspecified atom stereocenters. The van der Waals surface area contributed by atoms with Gasteiger partial charge in [0.15, 0.2) is 0 Å². The van der Waals surface area contributed by atoms with Crippen LogP contribution in [0.25, 0.3) is 0 Å². The van der Waals surface area contributed by atoms with Gasteiger partial charge in [-0.15, -0.1) is 23.2 Å². The fourth-order valence-electron chi connectivity index (χ4n) is 1.87. The lowest BCUT2D eigenvalue weighted by Crippen LogP contribution is -2.35. The summed E-state index contributed by atoms with van der Waals surface area (Å²) >= 11 is 11.2. The normalized spacial score (nSPS) is 20.9. The molecule has 1 aromatic heterocycles. The molecule has 0 radical (unpaired) electrons. The summed E-state index contributed by atoms with van der Waals surface area (Å²) in [6.45, 7) is 3.96. The first-order chi connectivity index (χ1) is 10.9. The minimum atomic E-state index is -2.84. The van der Waals surface area contributed by atoms with Crippen molar-refractivity contribution >= 4 is 30.9 Å². The van der Waals surface area contributed by atoms with E-state index in [-0.39, 0.29) is 5.56 Å². The van der Waals surface area contributed by atoms with Gasteiger partial charge in [-0.2, -0.15) is 0 Å². The molecule has 2 rings (SSSR count). The number of alkyl halides is 2. The van der Waals surface area contributed by atoms with Gasteiger partial charge in [-0.25, -0.2) is 14.6 Å². The molecule has 0 spiro atoms. The highest BCUT2D eigenvalue weighted by atomic mass is 35.5. The number of halogens is 2. The smallest absolute Gasteiger partial charge is 0.312 e. The van der Waals surface area contributed by atoms with Gasteiger partial charge in [0, 0.05) is 43.2 Å². The van der Waals surface area contributed by atoms with Gasteiger partial charge < -0.3 is 9.51 Å². The first-order valence-electron chi connectivity index (χ1n) is 7.08. The van der Waals surface area contributed by atoms with Crippen LogP contribution in [0, 0.1) is 6.92 Å². The second kappa shape index (κ2) is 10.3. The molecular formula is C12H21Cl2N4O4P. The van der Waals surface area contributed by atoms with E-state index in [4.69, 9.17) is 27.7 Å². The number of hydrogen-bond donors (Lipinski definition) is 3. The van der Waals surface area contributed by atoms with E-state index in [2.05, 4.69) is 10.1 Å². The van der Waals surface area contributed by atoms with Crippen molar-refractivity contribution in [3.63, 3.8) is 0 Å². The Morgan fingerprint density at radius 2 is 1.91 bits per heavy atom. The molecule has 1 aliphatic rings. The highest BCUT2D eigenvalue weighted by Gasteiger charge is 2.32. The van der Waals surface area contributed by atoms with Crippen molar-refractivity contribution in [1.82, 2.24) is 19.7 Å². The monoisotopic (exact) mass is 386 g/mol. The molecule has 1 saturated heterocycles. The molecule has 0 saturated carbocycles. The minimum absolute atomic E-state index is 0.365. The van der Waals surface area contributed by atoms with Crippen molar-refractivity contribution in [3.8, 4) is 0 Å². The third-order valence-electron chi connectivity index (χ3n) is 2.85.